The first-order chi connectivity index (χ1) is 14.3. The summed E-state index contributed by atoms with van der Waals surface area (Å²) >= 11 is 0. The van der Waals surface area contributed by atoms with Crippen LogP contribution in [0.15, 0.2) is 28.8 Å². The number of ether oxygens (including phenoxy) is 2. The van der Waals surface area contributed by atoms with E-state index in [-0.39, 0.29) is 24.3 Å². The number of esters is 1. The zero-order valence-corrected chi connectivity index (χ0v) is 17.1. The molecule has 1 fully saturated rings. The first-order valence-corrected chi connectivity index (χ1v) is 9.74. The van der Waals surface area contributed by atoms with Crippen molar-refractivity contribution in [3.05, 3.63) is 46.8 Å². The summed E-state index contributed by atoms with van der Waals surface area (Å²) in [7, 11) is 0. The Kier molecular flexibility index (Phi) is 6.71. The number of nitrogens with zero attached hydrogens (tertiary/aromatic N) is 2. The second-order valence-electron chi connectivity index (χ2n) is 7.25. The Hall–Kier alpha value is -3.36. The Labute approximate surface area is 174 Å². The molecule has 2 heterocycles. The third kappa shape index (κ3) is 5.16. The highest BCUT2D eigenvalue weighted by Gasteiger charge is 2.26. The van der Waals surface area contributed by atoms with Crippen molar-refractivity contribution in [3.63, 3.8) is 0 Å². The zero-order chi connectivity index (χ0) is 21.7. The number of hydrogen-bond donors (Lipinski definition) is 1. The fourth-order valence-electron chi connectivity index (χ4n) is 3.27. The maximum Gasteiger partial charge on any atom is 0.338 e. The molecule has 0 spiro atoms. The van der Waals surface area contributed by atoms with E-state index in [1.54, 1.807) is 29.2 Å². The number of rotatable bonds is 7. The number of nitrogens with two attached hydrogens (primary N) is 1. The van der Waals surface area contributed by atoms with E-state index in [2.05, 4.69) is 5.16 Å². The number of benzene rings is 1. The van der Waals surface area contributed by atoms with Crippen molar-refractivity contribution >= 4 is 17.8 Å². The smallest absolute Gasteiger partial charge is 0.338 e. The summed E-state index contributed by atoms with van der Waals surface area (Å²) in [6.45, 7) is 4.49. The van der Waals surface area contributed by atoms with E-state index in [1.165, 1.54) is 0 Å². The lowest BCUT2D eigenvalue weighted by Gasteiger charge is -2.30. The molecule has 9 nitrogen and oxygen atoms in total. The number of primary amides is 1. The minimum absolute atomic E-state index is 0.199. The number of aryl methyl sites for hydroxylation is 2. The van der Waals surface area contributed by atoms with Gasteiger partial charge in [0, 0.05) is 19.0 Å². The number of piperidine rings is 1. The van der Waals surface area contributed by atoms with Gasteiger partial charge < -0.3 is 24.6 Å². The molecule has 0 bridgehead atoms. The quantitative estimate of drug-likeness (QED) is 0.683. The van der Waals surface area contributed by atoms with Gasteiger partial charge in [0.1, 0.15) is 18.1 Å². The number of carbonyl (C=O) groups excluding carboxylic acids is 3. The zero-order valence-electron chi connectivity index (χ0n) is 17.1. The predicted octanol–water partition coefficient (Wildman–Crippen LogP) is 1.75. The topological polar surface area (TPSA) is 125 Å². The molecule has 1 aliphatic rings. The van der Waals surface area contributed by atoms with Crippen LogP contribution in [-0.4, -0.2) is 47.5 Å². The molecule has 1 aromatic heterocycles. The molecule has 1 aliphatic heterocycles. The molecule has 2 aromatic rings. The molecule has 30 heavy (non-hydrogen) atoms. The maximum atomic E-state index is 12.2. The van der Waals surface area contributed by atoms with E-state index in [1.807, 2.05) is 13.8 Å². The fourth-order valence-corrected chi connectivity index (χ4v) is 3.27. The lowest BCUT2D eigenvalue weighted by Crippen LogP contribution is -2.43. The molecule has 0 saturated carbocycles. The van der Waals surface area contributed by atoms with Crippen molar-refractivity contribution in [1.82, 2.24) is 10.1 Å². The molecule has 1 saturated heterocycles. The van der Waals surface area contributed by atoms with Gasteiger partial charge in [-0.2, -0.15) is 0 Å². The summed E-state index contributed by atoms with van der Waals surface area (Å²) < 4.78 is 15.9. The first kappa shape index (κ1) is 21.4. The van der Waals surface area contributed by atoms with Crippen molar-refractivity contribution in [2.45, 2.75) is 33.3 Å². The normalized spacial score (nSPS) is 14.4. The molecule has 0 atom stereocenters. The highest BCUT2D eigenvalue weighted by Crippen LogP contribution is 2.19. The van der Waals surface area contributed by atoms with Crippen molar-refractivity contribution in [2.24, 2.45) is 11.7 Å². The van der Waals surface area contributed by atoms with E-state index in [4.69, 9.17) is 19.7 Å². The second kappa shape index (κ2) is 9.43. The number of amides is 2. The van der Waals surface area contributed by atoms with E-state index in [9.17, 15) is 14.4 Å². The van der Waals surface area contributed by atoms with Crippen LogP contribution in [0.3, 0.4) is 0 Å². The van der Waals surface area contributed by atoms with Gasteiger partial charge in [0.15, 0.2) is 6.61 Å². The van der Waals surface area contributed by atoms with Crippen molar-refractivity contribution in [2.75, 3.05) is 19.7 Å². The van der Waals surface area contributed by atoms with E-state index in [0.717, 1.165) is 11.3 Å². The van der Waals surface area contributed by atoms with Crippen LogP contribution in [0.5, 0.6) is 5.75 Å². The molecule has 1 aromatic carbocycles. The SMILES string of the molecule is Cc1noc(C)c1COc1ccc(C(=O)OCC(=O)N2CCC(C(N)=O)CC2)cc1. The molecule has 9 heteroatoms. The van der Waals surface area contributed by atoms with E-state index >= 15 is 0 Å². The summed E-state index contributed by atoms with van der Waals surface area (Å²) in [5.41, 5.74) is 7.27. The van der Waals surface area contributed by atoms with Gasteiger partial charge in [-0.3, -0.25) is 9.59 Å². The molecule has 0 aliphatic carbocycles. The van der Waals surface area contributed by atoms with Gasteiger partial charge in [0.05, 0.1) is 16.8 Å². The van der Waals surface area contributed by atoms with Crippen molar-refractivity contribution < 1.29 is 28.4 Å². The third-order valence-corrected chi connectivity index (χ3v) is 5.23. The first-order valence-electron chi connectivity index (χ1n) is 9.74. The molecule has 2 N–H and O–H groups in total. The summed E-state index contributed by atoms with van der Waals surface area (Å²) in [5, 5.41) is 3.88. The Morgan fingerprint density at radius 3 is 2.40 bits per heavy atom. The number of likely N-dealkylation sites (tertiary alicyclic amines) is 1. The van der Waals surface area contributed by atoms with Crippen molar-refractivity contribution in [3.8, 4) is 5.75 Å². The minimum atomic E-state index is -0.590. The highest BCUT2D eigenvalue weighted by atomic mass is 16.5. The van der Waals surface area contributed by atoms with E-state index < -0.39 is 5.97 Å². The van der Waals surface area contributed by atoms with Crippen LogP contribution >= 0.6 is 0 Å². The summed E-state index contributed by atoms with van der Waals surface area (Å²) in [6.07, 6.45) is 1.06. The standard InChI is InChI=1S/C21H25N3O6/c1-13-18(14(2)30-23-13)11-28-17-5-3-16(4-6-17)21(27)29-12-19(25)24-9-7-15(8-10-24)20(22)26/h3-6,15H,7-12H2,1-2H3,(H2,22,26). The van der Waals surface area contributed by atoms with Gasteiger partial charge in [-0.15, -0.1) is 0 Å². The Balaban J connectivity index is 1.45. The molecule has 2 amide bonds. The van der Waals surface area contributed by atoms with Gasteiger partial charge in [0.2, 0.25) is 5.91 Å². The predicted molar refractivity (Wildman–Crippen MR) is 106 cm³/mol. The molecule has 3 rings (SSSR count). The average Bonchev–Trinajstić information content (AvgIpc) is 3.08. The van der Waals surface area contributed by atoms with Crippen LogP contribution in [0.4, 0.5) is 0 Å². The van der Waals surface area contributed by atoms with Crippen LogP contribution in [0, 0.1) is 19.8 Å². The van der Waals surface area contributed by atoms with Crippen molar-refractivity contribution in [1.29, 1.82) is 0 Å². The second-order valence-corrected chi connectivity index (χ2v) is 7.25. The average molecular weight is 415 g/mol. The van der Waals surface area contributed by atoms with E-state index in [0.29, 0.717) is 49.6 Å². The summed E-state index contributed by atoms with van der Waals surface area (Å²) in [4.78, 5) is 37.2. The Morgan fingerprint density at radius 2 is 1.83 bits per heavy atom. The summed E-state index contributed by atoms with van der Waals surface area (Å²) in [6, 6.07) is 6.47. The van der Waals surface area contributed by atoms with Gasteiger partial charge in [-0.05, 0) is 51.0 Å². The lowest BCUT2D eigenvalue weighted by molar-refractivity contribution is -0.137. The van der Waals surface area contributed by atoms with Gasteiger partial charge >= 0.3 is 5.97 Å². The van der Waals surface area contributed by atoms with Crippen LogP contribution in [0.25, 0.3) is 0 Å². The monoisotopic (exact) mass is 415 g/mol. The van der Waals surface area contributed by atoms with Crippen LogP contribution in [0.1, 0.15) is 40.2 Å². The Morgan fingerprint density at radius 1 is 1.17 bits per heavy atom. The highest BCUT2D eigenvalue weighted by molar-refractivity contribution is 5.91. The third-order valence-electron chi connectivity index (χ3n) is 5.23. The number of hydrogen-bond acceptors (Lipinski definition) is 7. The minimum Gasteiger partial charge on any atom is -0.489 e. The molecule has 160 valence electrons. The number of aromatic nitrogens is 1. The molecule has 0 unspecified atom stereocenters. The maximum absolute atomic E-state index is 12.2. The largest absolute Gasteiger partial charge is 0.489 e. The number of carbonyl (C=O) groups is 3. The van der Waals surface area contributed by atoms with Crippen LogP contribution < -0.4 is 10.5 Å². The lowest BCUT2D eigenvalue weighted by atomic mass is 9.96. The van der Waals surface area contributed by atoms with Gasteiger partial charge in [-0.25, -0.2) is 4.79 Å². The van der Waals surface area contributed by atoms with Crippen LogP contribution in [-0.2, 0) is 20.9 Å². The fraction of sp³-hybridized carbons (Fsp3) is 0.429. The molecular formula is C21H25N3O6. The van der Waals surface area contributed by atoms with Gasteiger partial charge in [-0.1, -0.05) is 5.16 Å². The Bertz CT molecular complexity index is 894. The molecular weight excluding hydrogens is 390 g/mol. The van der Waals surface area contributed by atoms with Gasteiger partial charge in [0.25, 0.3) is 5.91 Å². The molecule has 0 radical (unpaired) electrons. The van der Waals surface area contributed by atoms with Crippen LogP contribution in [0.2, 0.25) is 0 Å². The summed E-state index contributed by atoms with van der Waals surface area (Å²) in [5.74, 6) is -0.128.